The minimum absolute atomic E-state index is 0.168. The van der Waals surface area contributed by atoms with Crippen LogP contribution in [0.25, 0.3) is 0 Å². The highest BCUT2D eigenvalue weighted by molar-refractivity contribution is 9.10. The molecule has 0 saturated heterocycles. The Morgan fingerprint density at radius 3 is 2.43 bits per heavy atom. The van der Waals surface area contributed by atoms with Crippen LogP contribution in [0.1, 0.15) is 11.1 Å². The van der Waals surface area contributed by atoms with Crippen LogP contribution in [-0.2, 0) is 17.9 Å². The Kier molecular flexibility index (Phi) is 5.25. The maximum absolute atomic E-state index is 13.2. The summed E-state index contributed by atoms with van der Waals surface area (Å²) in [4.78, 5) is 0. The molecule has 6 heteroatoms. The fourth-order valence-electron chi connectivity index (χ4n) is 1.92. The summed E-state index contributed by atoms with van der Waals surface area (Å²) in [6.45, 7) is 0.553. The molecule has 0 unspecified atom stereocenters. The van der Waals surface area contributed by atoms with Gasteiger partial charge in [-0.15, -0.1) is 0 Å². The molecule has 2 aromatic rings. The number of methoxy groups -OCH3 is 1. The summed E-state index contributed by atoms with van der Waals surface area (Å²) in [7, 11) is 1.58. The van der Waals surface area contributed by atoms with Crippen molar-refractivity contribution in [3.63, 3.8) is 0 Å². The second kappa shape index (κ2) is 6.95. The highest BCUT2D eigenvalue weighted by atomic mass is 79.9. The topological polar surface area (TPSA) is 21.3 Å². The smallest absolute Gasteiger partial charge is 0.194 e. The molecule has 2 aromatic carbocycles. The van der Waals surface area contributed by atoms with Crippen LogP contribution in [-0.4, -0.2) is 7.11 Å². The van der Waals surface area contributed by atoms with E-state index in [4.69, 9.17) is 4.74 Å². The van der Waals surface area contributed by atoms with Crippen molar-refractivity contribution in [2.45, 2.75) is 13.2 Å². The number of halogens is 4. The molecular weight excluding hydrogens is 347 g/mol. The zero-order valence-corrected chi connectivity index (χ0v) is 12.8. The monoisotopic (exact) mass is 359 g/mol. The summed E-state index contributed by atoms with van der Waals surface area (Å²) in [6, 6.07) is 7.47. The molecule has 0 aliphatic carbocycles. The van der Waals surface area contributed by atoms with E-state index >= 15 is 0 Å². The van der Waals surface area contributed by atoms with E-state index in [0.717, 1.165) is 27.9 Å². The van der Waals surface area contributed by atoms with Crippen LogP contribution < -0.4 is 5.32 Å². The zero-order valence-electron chi connectivity index (χ0n) is 11.2. The van der Waals surface area contributed by atoms with Crippen molar-refractivity contribution in [3.8, 4) is 0 Å². The van der Waals surface area contributed by atoms with Crippen LogP contribution in [0.4, 0.5) is 18.9 Å². The molecule has 0 bridgehead atoms. The number of rotatable bonds is 5. The molecule has 0 amide bonds. The van der Waals surface area contributed by atoms with E-state index in [2.05, 4.69) is 21.2 Å². The van der Waals surface area contributed by atoms with Crippen molar-refractivity contribution in [1.82, 2.24) is 0 Å². The molecule has 2 nitrogen and oxygen atoms in total. The Bertz CT molecular complexity index is 626. The van der Waals surface area contributed by atoms with Crippen LogP contribution in [0.3, 0.4) is 0 Å². The molecule has 0 aromatic heterocycles. The van der Waals surface area contributed by atoms with E-state index < -0.39 is 17.5 Å². The van der Waals surface area contributed by atoms with Gasteiger partial charge in [-0.25, -0.2) is 13.2 Å². The Labute approximate surface area is 129 Å². The van der Waals surface area contributed by atoms with Crippen molar-refractivity contribution in [2.24, 2.45) is 0 Å². The fourth-order valence-corrected chi connectivity index (χ4v) is 2.40. The van der Waals surface area contributed by atoms with Gasteiger partial charge in [0.15, 0.2) is 17.5 Å². The molecule has 2 rings (SSSR count). The Morgan fingerprint density at radius 2 is 1.81 bits per heavy atom. The number of benzene rings is 2. The van der Waals surface area contributed by atoms with Crippen LogP contribution in [0, 0.1) is 17.5 Å². The van der Waals surface area contributed by atoms with Crippen molar-refractivity contribution in [1.29, 1.82) is 0 Å². The molecule has 21 heavy (non-hydrogen) atoms. The molecule has 1 N–H and O–H groups in total. The third-order valence-corrected chi connectivity index (χ3v) is 3.68. The summed E-state index contributed by atoms with van der Waals surface area (Å²) < 4.78 is 45.2. The molecule has 0 aliphatic heterocycles. The molecular formula is C15H13BrF3NO. The van der Waals surface area contributed by atoms with Crippen molar-refractivity contribution in [2.75, 3.05) is 12.4 Å². The number of hydrogen-bond donors (Lipinski definition) is 1. The van der Waals surface area contributed by atoms with Gasteiger partial charge in [-0.1, -0.05) is 22.0 Å². The average molecular weight is 360 g/mol. The molecule has 0 atom stereocenters. The lowest BCUT2D eigenvalue weighted by atomic mass is 10.1. The molecule has 0 radical (unpaired) electrons. The van der Waals surface area contributed by atoms with E-state index in [9.17, 15) is 13.2 Å². The summed E-state index contributed by atoms with van der Waals surface area (Å²) in [5, 5.41) is 3.06. The van der Waals surface area contributed by atoms with E-state index in [1.54, 1.807) is 7.11 Å². The lowest BCUT2D eigenvalue weighted by Gasteiger charge is -2.13. The predicted octanol–water partition coefficient (Wildman–Crippen LogP) is 4.62. The van der Waals surface area contributed by atoms with Gasteiger partial charge in [-0.05, 0) is 29.8 Å². The SMILES string of the molecule is COCc1c(Br)cccc1NCc1cc(F)c(F)c(F)c1. The lowest BCUT2D eigenvalue weighted by molar-refractivity contribution is 0.185. The fraction of sp³-hybridized carbons (Fsp3) is 0.200. The van der Waals surface area contributed by atoms with E-state index in [1.165, 1.54) is 0 Å². The Balaban J connectivity index is 2.19. The zero-order chi connectivity index (χ0) is 15.4. The first-order chi connectivity index (χ1) is 10.0. The number of hydrogen-bond acceptors (Lipinski definition) is 2. The van der Waals surface area contributed by atoms with Gasteiger partial charge in [0, 0.05) is 29.4 Å². The summed E-state index contributed by atoms with van der Waals surface area (Å²) in [5.41, 5.74) is 1.98. The van der Waals surface area contributed by atoms with Crippen molar-refractivity contribution < 1.29 is 17.9 Å². The van der Waals surface area contributed by atoms with Crippen LogP contribution >= 0.6 is 15.9 Å². The Hall–Kier alpha value is -1.53. The maximum Gasteiger partial charge on any atom is 0.194 e. The minimum Gasteiger partial charge on any atom is -0.381 e. The highest BCUT2D eigenvalue weighted by Gasteiger charge is 2.11. The average Bonchev–Trinajstić information content (AvgIpc) is 2.45. The molecule has 112 valence electrons. The van der Waals surface area contributed by atoms with Crippen LogP contribution in [0.5, 0.6) is 0 Å². The van der Waals surface area contributed by atoms with Crippen LogP contribution in [0.15, 0.2) is 34.8 Å². The highest BCUT2D eigenvalue weighted by Crippen LogP contribution is 2.26. The van der Waals surface area contributed by atoms with Gasteiger partial charge in [0.05, 0.1) is 6.61 Å². The minimum atomic E-state index is -1.46. The van der Waals surface area contributed by atoms with Gasteiger partial charge in [0.25, 0.3) is 0 Å². The van der Waals surface area contributed by atoms with Crippen molar-refractivity contribution >= 4 is 21.6 Å². The molecule has 0 aliphatic rings. The van der Waals surface area contributed by atoms with Crippen LogP contribution in [0.2, 0.25) is 0 Å². The van der Waals surface area contributed by atoms with Gasteiger partial charge in [0.1, 0.15) is 0 Å². The van der Waals surface area contributed by atoms with Gasteiger partial charge >= 0.3 is 0 Å². The standard InChI is InChI=1S/C15H13BrF3NO/c1-21-8-10-11(16)3-2-4-14(10)20-7-9-5-12(17)15(19)13(18)6-9/h2-6,20H,7-8H2,1H3. The third-order valence-electron chi connectivity index (χ3n) is 2.93. The van der Waals surface area contributed by atoms with Gasteiger partial charge in [-0.3, -0.25) is 0 Å². The summed E-state index contributed by atoms with van der Waals surface area (Å²) in [6.07, 6.45) is 0. The second-order valence-corrected chi connectivity index (χ2v) is 5.28. The summed E-state index contributed by atoms with van der Waals surface area (Å²) in [5.74, 6) is -3.85. The first-order valence-electron chi connectivity index (χ1n) is 6.16. The third kappa shape index (κ3) is 3.77. The quantitative estimate of drug-likeness (QED) is 0.786. The number of anilines is 1. The molecule has 0 fully saturated rings. The van der Waals surface area contributed by atoms with E-state index in [0.29, 0.717) is 12.2 Å². The summed E-state index contributed by atoms with van der Waals surface area (Å²) >= 11 is 3.42. The largest absolute Gasteiger partial charge is 0.381 e. The van der Waals surface area contributed by atoms with Gasteiger partial charge < -0.3 is 10.1 Å². The Morgan fingerprint density at radius 1 is 1.14 bits per heavy atom. The van der Waals surface area contributed by atoms with Crippen molar-refractivity contribution in [3.05, 3.63) is 63.4 Å². The predicted molar refractivity (Wildman–Crippen MR) is 78.5 cm³/mol. The molecule has 0 saturated carbocycles. The number of nitrogens with one attached hydrogen (secondary N) is 1. The van der Waals surface area contributed by atoms with Gasteiger partial charge in [0.2, 0.25) is 0 Å². The second-order valence-electron chi connectivity index (χ2n) is 4.43. The lowest BCUT2D eigenvalue weighted by Crippen LogP contribution is -2.05. The number of ether oxygens (including phenoxy) is 1. The maximum atomic E-state index is 13.2. The first kappa shape index (κ1) is 15.9. The molecule has 0 spiro atoms. The van der Waals surface area contributed by atoms with Gasteiger partial charge in [-0.2, -0.15) is 0 Å². The van der Waals surface area contributed by atoms with E-state index in [1.807, 2.05) is 18.2 Å². The molecule has 0 heterocycles. The first-order valence-corrected chi connectivity index (χ1v) is 6.96. The van der Waals surface area contributed by atoms with E-state index in [-0.39, 0.29) is 6.54 Å². The normalized spacial score (nSPS) is 10.7.